The van der Waals surface area contributed by atoms with E-state index in [4.69, 9.17) is 10.8 Å². The van der Waals surface area contributed by atoms with Gasteiger partial charge in [-0.25, -0.2) is 0 Å². The van der Waals surface area contributed by atoms with E-state index in [1.807, 2.05) is 6.26 Å². The van der Waals surface area contributed by atoms with E-state index in [0.717, 1.165) is 0 Å². The Morgan fingerprint density at radius 2 is 1.71 bits per heavy atom. The lowest BCUT2D eigenvalue weighted by atomic mass is 10.1. The second-order valence-electron chi connectivity index (χ2n) is 5.00. The molecule has 0 bridgehead atoms. The highest BCUT2D eigenvalue weighted by Crippen LogP contribution is 1.98. The fourth-order valence-electron chi connectivity index (χ4n) is 1.58. The van der Waals surface area contributed by atoms with E-state index in [9.17, 15) is 24.3 Å². The fourth-order valence-corrected chi connectivity index (χ4v) is 2.07. The molecule has 0 aliphatic rings. The first-order valence-corrected chi connectivity index (χ1v) is 8.57. The van der Waals surface area contributed by atoms with E-state index in [-0.39, 0.29) is 0 Å². The number of thioether (sulfide) groups is 1. The Morgan fingerprint density at radius 1 is 1.12 bits per heavy atom. The Hall–Kier alpha value is -1.85. The zero-order chi connectivity index (χ0) is 18.7. The van der Waals surface area contributed by atoms with Crippen molar-refractivity contribution in [1.82, 2.24) is 16.0 Å². The lowest BCUT2D eigenvalue weighted by molar-refractivity contribution is -0.139. The van der Waals surface area contributed by atoms with Crippen LogP contribution >= 0.6 is 11.8 Å². The number of rotatable bonds is 11. The Balaban J connectivity index is 4.40. The molecule has 0 aliphatic heterocycles. The first kappa shape index (κ1) is 22.1. The maximum Gasteiger partial charge on any atom is 0.322 e. The number of aliphatic carboxylic acids is 1. The lowest BCUT2D eigenvalue weighted by Gasteiger charge is -2.20. The van der Waals surface area contributed by atoms with Crippen LogP contribution in [-0.2, 0) is 19.2 Å². The van der Waals surface area contributed by atoms with E-state index in [1.54, 1.807) is 0 Å². The normalized spacial score (nSPS) is 14.2. The summed E-state index contributed by atoms with van der Waals surface area (Å²) in [6, 6.07) is -2.07. The molecule has 0 saturated carbocycles. The SMILES string of the molecule is CSCCC(N)C(=O)NCC(=O)NC(C(=O)NCC(=O)O)C(C)O. The topological polar surface area (TPSA) is 171 Å². The molecule has 3 unspecified atom stereocenters. The zero-order valence-corrected chi connectivity index (χ0v) is 14.4. The third-order valence-electron chi connectivity index (χ3n) is 2.89. The van der Waals surface area contributed by atoms with Crippen LogP contribution in [0.4, 0.5) is 0 Å². The third-order valence-corrected chi connectivity index (χ3v) is 3.53. The average molecular weight is 364 g/mol. The zero-order valence-electron chi connectivity index (χ0n) is 13.6. The molecule has 0 saturated heterocycles. The fraction of sp³-hybridized carbons (Fsp3) is 0.692. The Labute approximate surface area is 143 Å². The molecule has 0 radical (unpaired) electrons. The number of carboxylic acid groups (broad SMARTS) is 1. The summed E-state index contributed by atoms with van der Waals surface area (Å²) in [5.74, 6) is -2.61. The van der Waals surface area contributed by atoms with Crippen molar-refractivity contribution < 1.29 is 29.4 Å². The molecule has 0 aliphatic carbocycles. The summed E-state index contributed by atoms with van der Waals surface area (Å²) < 4.78 is 0. The molecule has 11 heteroatoms. The number of carbonyl (C=O) groups excluding carboxylic acids is 3. The van der Waals surface area contributed by atoms with Gasteiger partial charge < -0.3 is 31.9 Å². The highest BCUT2D eigenvalue weighted by molar-refractivity contribution is 7.98. The third kappa shape index (κ3) is 9.33. The van der Waals surface area contributed by atoms with Gasteiger partial charge in [0.2, 0.25) is 17.7 Å². The van der Waals surface area contributed by atoms with Crippen molar-refractivity contribution in [3.8, 4) is 0 Å². The first-order chi connectivity index (χ1) is 11.2. The minimum Gasteiger partial charge on any atom is -0.480 e. The Bertz CT molecular complexity index is 460. The smallest absolute Gasteiger partial charge is 0.322 e. The maximum atomic E-state index is 11.8. The largest absolute Gasteiger partial charge is 0.480 e. The number of amides is 3. The number of hydrogen-bond acceptors (Lipinski definition) is 7. The molecular formula is C13H24N4O6S. The van der Waals surface area contributed by atoms with Gasteiger partial charge in [0, 0.05) is 0 Å². The molecule has 0 fully saturated rings. The van der Waals surface area contributed by atoms with Crippen LogP contribution in [0.5, 0.6) is 0 Å². The van der Waals surface area contributed by atoms with Crippen LogP contribution in [0.3, 0.4) is 0 Å². The number of nitrogens with one attached hydrogen (secondary N) is 3. The Kier molecular flexibility index (Phi) is 10.8. The Morgan fingerprint density at radius 3 is 2.21 bits per heavy atom. The molecule has 24 heavy (non-hydrogen) atoms. The highest BCUT2D eigenvalue weighted by Gasteiger charge is 2.26. The summed E-state index contributed by atoms with van der Waals surface area (Å²) in [6.45, 7) is 0.211. The van der Waals surface area contributed by atoms with Crippen molar-refractivity contribution in [2.75, 3.05) is 25.1 Å². The number of aliphatic hydroxyl groups excluding tert-OH is 1. The monoisotopic (exact) mass is 364 g/mol. The van der Waals surface area contributed by atoms with Crippen molar-refractivity contribution >= 4 is 35.5 Å². The minimum absolute atomic E-state index is 0.415. The van der Waals surface area contributed by atoms with E-state index in [1.165, 1.54) is 18.7 Å². The minimum atomic E-state index is -1.33. The van der Waals surface area contributed by atoms with Crippen LogP contribution in [0, 0.1) is 0 Å². The molecule has 0 rings (SSSR count). The second-order valence-corrected chi connectivity index (χ2v) is 5.99. The van der Waals surface area contributed by atoms with E-state index in [0.29, 0.717) is 12.2 Å². The van der Waals surface area contributed by atoms with Gasteiger partial charge >= 0.3 is 5.97 Å². The molecule has 3 atom stereocenters. The summed E-state index contributed by atoms with van der Waals surface area (Å²) in [5, 5.41) is 24.6. The number of carboxylic acids is 1. The molecule has 0 spiro atoms. The average Bonchev–Trinajstić information content (AvgIpc) is 2.52. The van der Waals surface area contributed by atoms with Crippen LogP contribution in [0.2, 0.25) is 0 Å². The van der Waals surface area contributed by atoms with Crippen molar-refractivity contribution in [3.05, 3.63) is 0 Å². The molecule has 0 aromatic rings. The van der Waals surface area contributed by atoms with Crippen LogP contribution in [0.15, 0.2) is 0 Å². The van der Waals surface area contributed by atoms with Crippen molar-refractivity contribution in [2.24, 2.45) is 5.73 Å². The molecular weight excluding hydrogens is 340 g/mol. The van der Waals surface area contributed by atoms with Crippen LogP contribution < -0.4 is 21.7 Å². The van der Waals surface area contributed by atoms with Gasteiger partial charge in [0.05, 0.1) is 18.7 Å². The van der Waals surface area contributed by atoms with Crippen LogP contribution in [0.25, 0.3) is 0 Å². The number of nitrogens with two attached hydrogens (primary N) is 1. The van der Waals surface area contributed by atoms with Gasteiger partial charge in [-0.05, 0) is 25.4 Å². The van der Waals surface area contributed by atoms with E-state index < -0.39 is 55.0 Å². The van der Waals surface area contributed by atoms with E-state index >= 15 is 0 Å². The number of hydrogen-bond donors (Lipinski definition) is 6. The predicted octanol–water partition coefficient (Wildman–Crippen LogP) is -2.75. The van der Waals surface area contributed by atoms with E-state index in [2.05, 4.69) is 16.0 Å². The summed E-state index contributed by atoms with van der Waals surface area (Å²) in [4.78, 5) is 45.6. The highest BCUT2D eigenvalue weighted by atomic mass is 32.2. The van der Waals surface area contributed by atoms with Gasteiger partial charge in [-0.2, -0.15) is 11.8 Å². The van der Waals surface area contributed by atoms with Crippen molar-refractivity contribution in [3.63, 3.8) is 0 Å². The van der Waals surface area contributed by atoms with Gasteiger partial charge in [0.15, 0.2) is 0 Å². The van der Waals surface area contributed by atoms with Gasteiger partial charge in [-0.15, -0.1) is 0 Å². The molecule has 7 N–H and O–H groups in total. The van der Waals surface area contributed by atoms with Gasteiger partial charge in [0.25, 0.3) is 0 Å². The predicted molar refractivity (Wildman–Crippen MR) is 88.2 cm³/mol. The van der Waals surface area contributed by atoms with Crippen LogP contribution in [0.1, 0.15) is 13.3 Å². The summed E-state index contributed by atoms with van der Waals surface area (Å²) in [6.07, 6.45) is 1.09. The summed E-state index contributed by atoms with van der Waals surface area (Å²) >= 11 is 1.54. The summed E-state index contributed by atoms with van der Waals surface area (Å²) in [7, 11) is 0. The molecule has 0 aromatic carbocycles. The summed E-state index contributed by atoms with van der Waals surface area (Å²) in [5.41, 5.74) is 5.64. The second kappa shape index (κ2) is 11.6. The molecule has 10 nitrogen and oxygen atoms in total. The first-order valence-electron chi connectivity index (χ1n) is 7.18. The van der Waals surface area contributed by atoms with Crippen LogP contribution in [-0.4, -0.2) is 77.2 Å². The standard InChI is InChI=1S/C13H24N4O6S/c1-7(18)11(13(23)16-6-10(20)21)17-9(19)5-15-12(22)8(14)3-4-24-2/h7-8,11,18H,3-6,14H2,1-2H3,(H,15,22)(H,16,23)(H,17,19)(H,20,21). The molecule has 0 heterocycles. The maximum absolute atomic E-state index is 11.8. The molecule has 3 amide bonds. The lowest BCUT2D eigenvalue weighted by Crippen LogP contribution is -2.55. The van der Waals surface area contributed by atoms with Gasteiger partial charge in [-0.1, -0.05) is 0 Å². The number of aliphatic hydroxyl groups is 1. The number of carbonyl (C=O) groups is 4. The molecule has 0 aromatic heterocycles. The quantitative estimate of drug-likeness (QED) is 0.229. The van der Waals surface area contributed by atoms with Gasteiger partial charge in [-0.3, -0.25) is 19.2 Å². The van der Waals surface area contributed by atoms with Crippen molar-refractivity contribution in [2.45, 2.75) is 31.5 Å². The van der Waals surface area contributed by atoms with Crippen molar-refractivity contribution in [1.29, 1.82) is 0 Å². The molecule has 138 valence electrons. The van der Waals surface area contributed by atoms with Gasteiger partial charge in [0.1, 0.15) is 12.6 Å².